The molecule has 2 aromatic heterocycles. The Morgan fingerprint density at radius 1 is 1.20 bits per heavy atom. The second kappa shape index (κ2) is 9.78. The first kappa shape index (κ1) is 23.4. The summed E-state index contributed by atoms with van der Waals surface area (Å²) in [6.07, 6.45) is -3.16. The first-order chi connectivity index (χ1) is 13.7. The fourth-order valence-corrected chi connectivity index (χ4v) is 2.63. The summed E-state index contributed by atoms with van der Waals surface area (Å²) in [6.45, 7) is 4.04. The number of nitrogens with one attached hydrogen (secondary N) is 1. The Hall–Kier alpha value is -2.83. The lowest BCUT2D eigenvalue weighted by atomic mass is 10.3. The molecule has 0 saturated heterocycles. The molecule has 3 aromatic rings. The molecule has 0 unspecified atom stereocenters. The molecule has 0 amide bonds. The van der Waals surface area contributed by atoms with E-state index in [9.17, 15) is 13.2 Å². The quantitative estimate of drug-likeness (QED) is 0.290. The first-order valence-electron chi connectivity index (χ1n) is 8.61. The summed E-state index contributed by atoms with van der Waals surface area (Å²) in [7, 11) is 0. The number of halogens is 4. The van der Waals surface area contributed by atoms with E-state index in [4.69, 9.17) is 5.73 Å². The Morgan fingerprint density at radius 2 is 1.93 bits per heavy atom. The smallest absolute Gasteiger partial charge is 0.404 e. The van der Waals surface area contributed by atoms with Crippen molar-refractivity contribution in [1.82, 2.24) is 14.8 Å². The third kappa shape index (κ3) is 6.34. The highest BCUT2D eigenvalue weighted by molar-refractivity contribution is 14.0. The van der Waals surface area contributed by atoms with E-state index in [0.717, 1.165) is 17.0 Å². The summed E-state index contributed by atoms with van der Waals surface area (Å²) < 4.78 is 43.2. The molecule has 11 heteroatoms. The standard InChI is InChI=1S/C19H19F3N6O.HI/c1-12-9-13(2)28(27-12)17-8-7-14(10-24-17)11-25-18(23)26-15-5-3-4-6-16(15)29-19(20,21)22;/h3-10H,11H2,1-2H3,(H3,23,25,26);1H. The number of alkyl halides is 3. The van der Waals surface area contributed by atoms with Crippen LogP contribution in [0, 0.1) is 13.8 Å². The molecule has 0 spiro atoms. The minimum Gasteiger partial charge on any atom is -0.404 e. The van der Waals surface area contributed by atoms with Crippen molar-refractivity contribution in [1.29, 1.82) is 0 Å². The Balaban J connectivity index is 0.00000320. The molecule has 0 bridgehead atoms. The summed E-state index contributed by atoms with van der Waals surface area (Å²) in [5.41, 5.74) is 8.50. The molecular weight excluding hydrogens is 512 g/mol. The highest BCUT2D eigenvalue weighted by atomic mass is 127. The summed E-state index contributed by atoms with van der Waals surface area (Å²) in [4.78, 5) is 8.50. The van der Waals surface area contributed by atoms with Crippen LogP contribution in [-0.4, -0.2) is 27.1 Å². The van der Waals surface area contributed by atoms with Gasteiger partial charge in [-0.15, -0.1) is 37.1 Å². The maximum absolute atomic E-state index is 12.5. The minimum absolute atomic E-state index is 0. The van der Waals surface area contributed by atoms with Gasteiger partial charge in [-0.2, -0.15) is 5.10 Å². The second-order valence-electron chi connectivity index (χ2n) is 6.23. The van der Waals surface area contributed by atoms with Crippen molar-refractivity contribution in [3.05, 3.63) is 65.6 Å². The highest BCUT2D eigenvalue weighted by Gasteiger charge is 2.32. The number of benzene rings is 1. The Bertz CT molecular complexity index is 1020. The number of aromatic nitrogens is 3. The second-order valence-corrected chi connectivity index (χ2v) is 6.23. The van der Waals surface area contributed by atoms with Gasteiger partial charge in [-0.05, 0) is 43.7 Å². The zero-order valence-corrected chi connectivity index (χ0v) is 18.5. The number of para-hydroxylation sites is 2. The molecule has 3 rings (SSSR count). The van der Waals surface area contributed by atoms with Crippen LogP contribution in [0.3, 0.4) is 0 Å². The zero-order chi connectivity index (χ0) is 21.0. The Morgan fingerprint density at radius 3 is 2.53 bits per heavy atom. The molecule has 0 saturated carbocycles. The van der Waals surface area contributed by atoms with E-state index in [1.165, 1.54) is 18.2 Å². The monoisotopic (exact) mass is 532 g/mol. The van der Waals surface area contributed by atoms with Gasteiger partial charge in [-0.3, -0.25) is 0 Å². The van der Waals surface area contributed by atoms with Gasteiger partial charge < -0.3 is 15.8 Å². The van der Waals surface area contributed by atoms with Gasteiger partial charge in [0.2, 0.25) is 0 Å². The molecular formula is C19H20F3IN6O. The maximum atomic E-state index is 12.5. The highest BCUT2D eigenvalue weighted by Crippen LogP contribution is 2.29. The van der Waals surface area contributed by atoms with Crippen molar-refractivity contribution in [3.63, 3.8) is 0 Å². The Labute approximate surface area is 188 Å². The van der Waals surface area contributed by atoms with Crippen LogP contribution in [0.5, 0.6) is 5.75 Å². The lowest BCUT2D eigenvalue weighted by molar-refractivity contribution is -0.274. The van der Waals surface area contributed by atoms with E-state index >= 15 is 0 Å². The number of anilines is 1. The maximum Gasteiger partial charge on any atom is 0.573 e. The van der Waals surface area contributed by atoms with E-state index < -0.39 is 12.1 Å². The van der Waals surface area contributed by atoms with Crippen LogP contribution in [0.25, 0.3) is 5.82 Å². The van der Waals surface area contributed by atoms with Crippen LogP contribution in [-0.2, 0) is 6.54 Å². The van der Waals surface area contributed by atoms with Gasteiger partial charge in [0.25, 0.3) is 0 Å². The van der Waals surface area contributed by atoms with Crippen molar-refractivity contribution in [2.75, 3.05) is 5.32 Å². The predicted molar refractivity (Wildman–Crippen MR) is 118 cm³/mol. The van der Waals surface area contributed by atoms with Crippen molar-refractivity contribution in [2.45, 2.75) is 26.8 Å². The first-order valence-corrected chi connectivity index (χ1v) is 8.61. The van der Waals surface area contributed by atoms with Gasteiger partial charge in [0, 0.05) is 11.9 Å². The molecule has 0 aliphatic carbocycles. The molecule has 0 fully saturated rings. The minimum atomic E-state index is -4.80. The van der Waals surface area contributed by atoms with E-state index in [0.29, 0.717) is 5.82 Å². The van der Waals surface area contributed by atoms with Crippen LogP contribution in [0.4, 0.5) is 18.9 Å². The van der Waals surface area contributed by atoms with E-state index in [2.05, 4.69) is 25.1 Å². The number of guanidine groups is 1. The number of nitrogens with two attached hydrogens (primary N) is 1. The number of ether oxygens (including phenoxy) is 1. The van der Waals surface area contributed by atoms with Crippen LogP contribution in [0.1, 0.15) is 17.0 Å². The van der Waals surface area contributed by atoms with E-state index in [-0.39, 0.29) is 42.2 Å². The molecule has 160 valence electrons. The van der Waals surface area contributed by atoms with Crippen LogP contribution >= 0.6 is 24.0 Å². The lowest BCUT2D eigenvalue weighted by Crippen LogP contribution is -2.24. The average Bonchev–Trinajstić information content (AvgIpc) is 2.99. The third-order valence-corrected chi connectivity index (χ3v) is 3.84. The van der Waals surface area contributed by atoms with Gasteiger partial charge in [0.1, 0.15) is 0 Å². The van der Waals surface area contributed by atoms with Gasteiger partial charge in [0.15, 0.2) is 17.5 Å². The van der Waals surface area contributed by atoms with Crippen LogP contribution < -0.4 is 15.8 Å². The average molecular weight is 532 g/mol. The number of pyridine rings is 1. The zero-order valence-electron chi connectivity index (χ0n) is 16.1. The fourth-order valence-electron chi connectivity index (χ4n) is 2.63. The topological polar surface area (TPSA) is 90.4 Å². The number of hydrogen-bond acceptors (Lipinski definition) is 4. The third-order valence-electron chi connectivity index (χ3n) is 3.84. The number of aryl methyl sites for hydroxylation is 2. The largest absolute Gasteiger partial charge is 0.573 e. The van der Waals surface area contributed by atoms with Gasteiger partial charge >= 0.3 is 6.36 Å². The summed E-state index contributed by atoms with van der Waals surface area (Å²) in [6, 6.07) is 11.2. The molecule has 0 radical (unpaired) electrons. The van der Waals surface area contributed by atoms with Crippen molar-refractivity contribution in [2.24, 2.45) is 10.7 Å². The van der Waals surface area contributed by atoms with Gasteiger partial charge in [-0.25, -0.2) is 14.7 Å². The van der Waals surface area contributed by atoms with E-state index in [1.54, 1.807) is 23.0 Å². The summed E-state index contributed by atoms with van der Waals surface area (Å²) in [5.74, 6) is 0.229. The lowest BCUT2D eigenvalue weighted by Gasteiger charge is -2.14. The van der Waals surface area contributed by atoms with Gasteiger partial charge in [-0.1, -0.05) is 18.2 Å². The molecule has 0 aliphatic rings. The van der Waals surface area contributed by atoms with Crippen molar-refractivity contribution >= 4 is 35.6 Å². The number of aliphatic imine (C=N–C) groups is 1. The SMILES string of the molecule is Cc1cc(C)n(-c2ccc(CN=C(N)Nc3ccccc3OC(F)(F)F)cn2)n1.I. The number of hydrogen-bond donors (Lipinski definition) is 2. The summed E-state index contributed by atoms with van der Waals surface area (Å²) in [5, 5.41) is 6.99. The van der Waals surface area contributed by atoms with Crippen molar-refractivity contribution < 1.29 is 17.9 Å². The molecule has 2 heterocycles. The Kier molecular flexibility index (Phi) is 7.65. The summed E-state index contributed by atoms with van der Waals surface area (Å²) >= 11 is 0. The van der Waals surface area contributed by atoms with Crippen LogP contribution in [0.15, 0.2) is 53.7 Å². The van der Waals surface area contributed by atoms with Crippen LogP contribution in [0.2, 0.25) is 0 Å². The number of nitrogens with zero attached hydrogens (tertiary/aromatic N) is 4. The normalized spacial score (nSPS) is 11.7. The molecule has 0 aliphatic heterocycles. The molecule has 30 heavy (non-hydrogen) atoms. The molecule has 0 atom stereocenters. The predicted octanol–water partition coefficient (Wildman–Crippen LogP) is 4.33. The molecule has 7 nitrogen and oxygen atoms in total. The van der Waals surface area contributed by atoms with Crippen molar-refractivity contribution in [3.8, 4) is 11.6 Å². The molecule has 3 N–H and O–H groups in total. The fraction of sp³-hybridized carbons (Fsp3) is 0.211. The number of rotatable bonds is 5. The van der Waals surface area contributed by atoms with E-state index in [1.807, 2.05) is 26.0 Å². The molecule has 1 aromatic carbocycles. The van der Waals surface area contributed by atoms with Gasteiger partial charge in [0.05, 0.1) is 17.9 Å².